The Balaban J connectivity index is 1.51. The van der Waals surface area contributed by atoms with E-state index in [4.69, 9.17) is 9.47 Å². The molecule has 0 bridgehead atoms. The molecule has 0 spiro atoms. The number of carbonyl (C=O) groups excluding carboxylic acids is 1. The van der Waals surface area contributed by atoms with Crippen LogP contribution in [0.2, 0.25) is 0 Å². The second-order valence-corrected chi connectivity index (χ2v) is 10.5. The van der Waals surface area contributed by atoms with Gasteiger partial charge in [-0.3, -0.25) is 9.69 Å². The van der Waals surface area contributed by atoms with Crippen LogP contribution in [0.4, 0.5) is 0 Å². The molecule has 1 aliphatic rings. The molecule has 2 aromatic carbocycles. The topological polar surface area (TPSA) is 97.0 Å². The van der Waals surface area contributed by atoms with E-state index in [-0.39, 0.29) is 22.8 Å². The number of nitrogens with one attached hydrogen (secondary N) is 2. The van der Waals surface area contributed by atoms with Gasteiger partial charge in [0, 0.05) is 19.6 Å². The van der Waals surface area contributed by atoms with Gasteiger partial charge in [-0.05, 0) is 69.0 Å². The summed E-state index contributed by atoms with van der Waals surface area (Å²) in [5.41, 5.74) is 1.93. The van der Waals surface area contributed by atoms with Gasteiger partial charge in [0.05, 0.1) is 25.2 Å². The molecule has 0 saturated carbocycles. The van der Waals surface area contributed by atoms with Gasteiger partial charge in [-0.15, -0.1) is 0 Å². The zero-order valence-corrected chi connectivity index (χ0v) is 21.2. The van der Waals surface area contributed by atoms with Gasteiger partial charge in [-0.1, -0.05) is 23.8 Å². The first kappa shape index (κ1) is 26.0. The molecule has 9 heteroatoms. The van der Waals surface area contributed by atoms with Crippen LogP contribution in [0.3, 0.4) is 0 Å². The number of ether oxygens (including phenoxy) is 2. The molecule has 1 heterocycles. The lowest BCUT2D eigenvalue weighted by atomic mass is 9.97. The molecule has 0 aliphatic carbocycles. The number of carbonyl (C=O) groups is 1. The Kier molecular flexibility index (Phi) is 8.93. The molecule has 1 saturated heterocycles. The number of hydrogen-bond donors (Lipinski definition) is 2. The molecule has 2 unspecified atom stereocenters. The molecular formula is C25H35N3O5S. The number of aryl methyl sites for hydroxylation is 1. The van der Waals surface area contributed by atoms with Crippen LogP contribution < -0.4 is 19.5 Å². The summed E-state index contributed by atoms with van der Waals surface area (Å²) in [4.78, 5) is 15.2. The third-order valence-corrected chi connectivity index (χ3v) is 7.73. The molecule has 0 aromatic heterocycles. The predicted octanol–water partition coefficient (Wildman–Crippen LogP) is 2.71. The maximum absolute atomic E-state index is 12.8. The zero-order chi connectivity index (χ0) is 24.7. The number of amides is 1. The first-order valence-corrected chi connectivity index (χ1v) is 13.0. The zero-order valence-electron chi connectivity index (χ0n) is 20.3. The van der Waals surface area contributed by atoms with Crippen LogP contribution in [0.25, 0.3) is 0 Å². The minimum absolute atomic E-state index is 0.0596. The van der Waals surface area contributed by atoms with Gasteiger partial charge in [-0.25, -0.2) is 13.1 Å². The van der Waals surface area contributed by atoms with Gasteiger partial charge in [-0.2, -0.15) is 0 Å². The maximum atomic E-state index is 12.8. The SMILES string of the molecule is COc1ccc(CNC(=O)C(C)N2CCCC(CNS(=O)(=O)c3ccc(C)cc3)C2)cc1OC. The van der Waals surface area contributed by atoms with Crippen molar-refractivity contribution in [2.24, 2.45) is 5.92 Å². The van der Waals surface area contributed by atoms with Crippen LogP contribution >= 0.6 is 0 Å². The Morgan fingerprint density at radius 2 is 1.82 bits per heavy atom. The van der Waals surface area contributed by atoms with E-state index in [0.717, 1.165) is 30.5 Å². The van der Waals surface area contributed by atoms with Crippen molar-refractivity contribution < 1.29 is 22.7 Å². The van der Waals surface area contributed by atoms with E-state index in [1.54, 1.807) is 38.5 Å². The third-order valence-electron chi connectivity index (χ3n) is 6.29. The summed E-state index contributed by atoms with van der Waals surface area (Å²) in [5, 5.41) is 2.99. The molecule has 1 amide bonds. The Bertz CT molecular complexity index is 1070. The molecule has 186 valence electrons. The van der Waals surface area contributed by atoms with Gasteiger partial charge in [0.25, 0.3) is 0 Å². The van der Waals surface area contributed by atoms with E-state index in [2.05, 4.69) is 14.9 Å². The summed E-state index contributed by atoms with van der Waals surface area (Å²) < 4.78 is 38.5. The fourth-order valence-corrected chi connectivity index (χ4v) is 5.25. The predicted molar refractivity (Wildman–Crippen MR) is 132 cm³/mol. The molecule has 3 rings (SSSR count). The fourth-order valence-electron chi connectivity index (χ4n) is 4.14. The Morgan fingerprint density at radius 1 is 1.12 bits per heavy atom. The van der Waals surface area contributed by atoms with Crippen molar-refractivity contribution in [3.05, 3.63) is 53.6 Å². The summed E-state index contributed by atoms with van der Waals surface area (Å²) in [6.45, 7) is 6.03. The average molecular weight is 490 g/mol. The Hall–Kier alpha value is -2.62. The molecular weight excluding hydrogens is 454 g/mol. The molecule has 1 fully saturated rings. The number of nitrogens with zero attached hydrogens (tertiary/aromatic N) is 1. The Labute approximate surface area is 202 Å². The van der Waals surface area contributed by atoms with Gasteiger partial charge in [0.2, 0.25) is 15.9 Å². The fraction of sp³-hybridized carbons (Fsp3) is 0.480. The van der Waals surface area contributed by atoms with E-state index in [9.17, 15) is 13.2 Å². The van der Waals surface area contributed by atoms with Crippen LogP contribution in [0.5, 0.6) is 11.5 Å². The van der Waals surface area contributed by atoms with E-state index in [1.807, 2.05) is 32.0 Å². The summed E-state index contributed by atoms with van der Waals surface area (Å²) in [5.74, 6) is 1.35. The molecule has 2 atom stereocenters. The van der Waals surface area contributed by atoms with Crippen molar-refractivity contribution in [2.45, 2.75) is 44.2 Å². The molecule has 34 heavy (non-hydrogen) atoms. The molecule has 8 nitrogen and oxygen atoms in total. The van der Waals surface area contributed by atoms with Crippen LogP contribution in [-0.2, 0) is 21.4 Å². The van der Waals surface area contributed by atoms with Crippen molar-refractivity contribution in [3.8, 4) is 11.5 Å². The van der Waals surface area contributed by atoms with Gasteiger partial charge in [0.15, 0.2) is 11.5 Å². The molecule has 2 N–H and O–H groups in total. The third kappa shape index (κ3) is 6.71. The van der Waals surface area contributed by atoms with Crippen molar-refractivity contribution in [1.82, 2.24) is 14.9 Å². The summed E-state index contributed by atoms with van der Waals surface area (Å²) in [7, 11) is -0.385. The van der Waals surface area contributed by atoms with Crippen molar-refractivity contribution >= 4 is 15.9 Å². The highest BCUT2D eigenvalue weighted by Crippen LogP contribution is 2.27. The number of benzene rings is 2. The lowest BCUT2D eigenvalue weighted by molar-refractivity contribution is -0.126. The highest BCUT2D eigenvalue weighted by Gasteiger charge is 2.28. The Morgan fingerprint density at radius 3 is 2.50 bits per heavy atom. The number of rotatable bonds is 10. The highest BCUT2D eigenvalue weighted by molar-refractivity contribution is 7.89. The van der Waals surface area contributed by atoms with E-state index >= 15 is 0 Å². The van der Waals surface area contributed by atoms with Crippen molar-refractivity contribution in [1.29, 1.82) is 0 Å². The quantitative estimate of drug-likeness (QED) is 0.533. The van der Waals surface area contributed by atoms with Crippen LogP contribution in [0, 0.1) is 12.8 Å². The summed E-state index contributed by atoms with van der Waals surface area (Å²) >= 11 is 0. The number of methoxy groups -OCH3 is 2. The first-order chi connectivity index (χ1) is 16.2. The second-order valence-electron chi connectivity index (χ2n) is 8.75. The smallest absolute Gasteiger partial charge is 0.240 e. The molecule has 2 aromatic rings. The van der Waals surface area contributed by atoms with Gasteiger partial charge < -0.3 is 14.8 Å². The van der Waals surface area contributed by atoms with Gasteiger partial charge >= 0.3 is 0 Å². The highest BCUT2D eigenvalue weighted by atomic mass is 32.2. The number of likely N-dealkylation sites (tertiary alicyclic amines) is 1. The van der Waals surface area contributed by atoms with Gasteiger partial charge in [0.1, 0.15) is 0 Å². The minimum atomic E-state index is -3.55. The monoisotopic (exact) mass is 489 g/mol. The second kappa shape index (κ2) is 11.7. The number of piperidine rings is 1. The van der Waals surface area contributed by atoms with Crippen molar-refractivity contribution in [2.75, 3.05) is 33.9 Å². The lowest BCUT2D eigenvalue weighted by Crippen LogP contribution is -2.50. The normalized spacial score (nSPS) is 17.7. The van der Waals surface area contributed by atoms with Crippen molar-refractivity contribution in [3.63, 3.8) is 0 Å². The summed E-state index contributed by atoms with van der Waals surface area (Å²) in [6, 6.07) is 12.1. The van der Waals surface area contributed by atoms with E-state index < -0.39 is 10.0 Å². The van der Waals surface area contributed by atoms with Crippen LogP contribution in [0.1, 0.15) is 30.9 Å². The number of sulfonamides is 1. The molecule has 1 aliphatic heterocycles. The summed E-state index contributed by atoms with van der Waals surface area (Å²) in [6.07, 6.45) is 1.84. The first-order valence-electron chi connectivity index (χ1n) is 11.5. The maximum Gasteiger partial charge on any atom is 0.240 e. The largest absolute Gasteiger partial charge is 0.493 e. The van der Waals surface area contributed by atoms with Crippen LogP contribution in [0.15, 0.2) is 47.4 Å². The average Bonchev–Trinajstić information content (AvgIpc) is 2.85. The lowest BCUT2D eigenvalue weighted by Gasteiger charge is -2.36. The minimum Gasteiger partial charge on any atom is -0.493 e. The molecule has 0 radical (unpaired) electrons. The van der Waals surface area contributed by atoms with E-state index in [1.165, 1.54) is 0 Å². The standard InChI is InChI=1S/C25H35N3O5S/c1-18-7-10-22(11-8-18)34(30,31)27-16-21-6-5-13-28(17-21)19(2)25(29)26-15-20-9-12-23(32-3)24(14-20)33-4/h7-12,14,19,21,27H,5-6,13,15-17H2,1-4H3,(H,26,29). The van der Waals surface area contributed by atoms with E-state index in [0.29, 0.717) is 31.1 Å². The number of hydrogen-bond acceptors (Lipinski definition) is 6. The van der Waals surface area contributed by atoms with Crippen LogP contribution in [-0.4, -0.2) is 59.1 Å².